The fraction of sp³-hybridized carbons (Fsp3) is 0.440. The van der Waals surface area contributed by atoms with Gasteiger partial charge >= 0.3 is 0 Å². The maximum Gasteiger partial charge on any atom is 0.241 e. The molecule has 2 aromatic rings. The first-order valence-electron chi connectivity index (χ1n) is 11.8. The molecule has 1 unspecified atom stereocenters. The number of anilines is 2. The van der Waals surface area contributed by atoms with Crippen LogP contribution in [0.4, 0.5) is 11.4 Å². The van der Waals surface area contributed by atoms with Crippen LogP contribution in [-0.4, -0.2) is 57.4 Å². The Hall–Kier alpha value is -2.91. The fourth-order valence-electron chi connectivity index (χ4n) is 4.45. The number of sulfonamides is 1. The molecule has 1 fully saturated rings. The summed E-state index contributed by atoms with van der Waals surface area (Å²) in [6.45, 7) is 6.16. The van der Waals surface area contributed by atoms with Gasteiger partial charge in [0.1, 0.15) is 6.04 Å². The average molecular weight is 485 g/mol. The van der Waals surface area contributed by atoms with Crippen molar-refractivity contribution in [3.8, 4) is 0 Å². The number of amides is 2. The van der Waals surface area contributed by atoms with Crippen LogP contribution in [0.2, 0.25) is 0 Å². The topological polar surface area (TPSA) is 98.8 Å². The summed E-state index contributed by atoms with van der Waals surface area (Å²) in [7, 11) is -3.92. The van der Waals surface area contributed by atoms with Crippen molar-refractivity contribution >= 4 is 33.2 Å². The molecular formula is C25H32N4O4S. The Balaban J connectivity index is 1.46. The lowest BCUT2D eigenvalue weighted by atomic mass is 10.0. The van der Waals surface area contributed by atoms with Gasteiger partial charge in [-0.1, -0.05) is 32.0 Å². The first kappa shape index (κ1) is 24.2. The lowest BCUT2D eigenvalue weighted by Crippen LogP contribution is -2.56. The van der Waals surface area contributed by atoms with Crippen LogP contribution in [0.1, 0.15) is 32.3 Å². The molecule has 2 N–H and O–H groups in total. The zero-order chi connectivity index (χ0) is 24.3. The number of hydrogen-bond acceptors (Lipinski definition) is 5. The second kappa shape index (κ2) is 10.1. The van der Waals surface area contributed by atoms with Gasteiger partial charge in [0, 0.05) is 44.0 Å². The molecule has 0 radical (unpaired) electrons. The SMILES string of the molecule is CC(C)C(NS(=O)(=O)c1ccc2c(c1)CCCC(=O)N2)C(=O)N1CCN(c2ccccc2)CC1. The Labute approximate surface area is 201 Å². The van der Waals surface area contributed by atoms with Gasteiger partial charge in [0.05, 0.1) is 4.90 Å². The molecule has 8 nitrogen and oxygen atoms in total. The van der Waals surface area contributed by atoms with E-state index in [0.717, 1.165) is 11.3 Å². The number of benzene rings is 2. The van der Waals surface area contributed by atoms with E-state index in [1.807, 2.05) is 32.0 Å². The molecule has 0 spiro atoms. The molecule has 4 rings (SSSR count). The van der Waals surface area contributed by atoms with Crippen LogP contribution in [0.5, 0.6) is 0 Å². The zero-order valence-corrected chi connectivity index (χ0v) is 20.5. The van der Waals surface area contributed by atoms with Gasteiger partial charge in [-0.25, -0.2) is 8.42 Å². The molecule has 2 aliphatic heterocycles. The van der Waals surface area contributed by atoms with Gasteiger partial charge < -0.3 is 15.1 Å². The summed E-state index contributed by atoms with van der Waals surface area (Å²) in [5, 5.41) is 2.82. The van der Waals surface area contributed by atoms with E-state index in [2.05, 4.69) is 27.1 Å². The van der Waals surface area contributed by atoms with E-state index in [1.165, 1.54) is 6.07 Å². The van der Waals surface area contributed by atoms with E-state index in [-0.39, 0.29) is 22.6 Å². The van der Waals surface area contributed by atoms with Crippen molar-refractivity contribution < 1.29 is 18.0 Å². The van der Waals surface area contributed by atoms with E-state index in [1.54, 1.807) is 17.0 Å². The molecule has 9 heteroatoms. The highest BCUT2D eigenvalue weighted by atomic mass is 32.2. The third-order valence-electron chi connectivity index (χ3n) is 6.44. The smallest absolute Gasteiger partial charge is 0.241 e. The minimum absolute atomic E-state index is 0.0645. The van der Waals surface area contributed by atoms with E-state index in [9.17, 15) is 18.0 Å². The summed E-state index contributed by atoms with van der Waals surface area (Å²) < 4.78 is 29.1. The molecule has 182 valence electrons. The molecule has 1 saturated heterocycles. The van der Waals surface area contributed by atoms with E-state index >= 15 is 0 Å². The van der Waals surface area contributed by atoms with E-state index in [4.69, 9.17) is 0 Å². The quantitative estimate of drug-likeness (QED) is 0.657. The number of rotatable bonds is 6. The summed E-state index contributed by atoms with van der Waals surface area (Å²) in [6.07, 6.45) is 1.70. The predicted octanol–water partition coefficient (Wildman–Crippen LogP) is 2.61. The highest BCUT2D eigenvalue weighted by Crippen LogP contribution is 2.26. The van der Waals surface area contributed by atoms with Crippen LogP contribution < -0.4 is 14.9 Å². The summed E-state index contributed by atoms with van der Waals surface area (Å²) in [5.74, 6) is -0.479. The van der Waals surface area contributed by atoms with Crippen LogP contribution in [0.3, 0.4) is 0 Å². The monoisotopic (exact) mass is 484 g/mol. The number of hydrogen-bond donors (Lipinski definition) is 2. The molecule has 2 heterocycles. The molecule has 0 aliphatic carbocycles. The summed E-state index contributed by atoms with van der Waals surface area (Å²) in [4.78, 5) is 29.2. The van der Waals surface area contributed by atoms with Crippen molar-refractivity contribution in [2.45, 2.75) is 44.0 Å². The Morgan fingerprint density at radius 1 is 1.00 bits per heavy atom. The van der Waals surface area contributed by atoms with Crippen LogP contribution in [0.15, 0.2) is 53.4 Å². The van der Waals surface area contributed by atoms with Crippen molar-refractivity contribution in [2.75, 3.05) is 36.4 Å². The van der Waals surface area contributed by atoms with Crippen LogP contribution in [0.25, 0.3) is 0 Å². The van der Waals surface area contributed by atoms with Crippen molar-refractivity contribution in [3.63, 3.8) is 0 Å². The molecule has 2 aromatic carbocycles. The van der Waals surface area contributed by atoms with Gasteiger partial charge in [-0.05, 0) is 54.7 Å². The molecule has 2 aliphatic rings. The molecular weight excluding hydrogens is 452 g/mol. The number of aryl methyl sites for hydroxylation is 1. The van der Waals surface area contributed by atoms with Gasteiger partial charge in [0.25, 0.3) is 0 Å². The second-order valence-electron chi connectivity index (χ2n) is 9.21. The maximum atomic E-state index is 13.3. The summed E-state index contributed by atoms with van der Waals surface area (Å²) >= 11 is 0. The third-order valence-corrected chi connectivity index (χ3v) is 7.88. The number of carbonyl (C=O) groups is 2. The van der Waals surface area contributed by atoms with Crippen LogP contribution >= 0.6 is 0 Å². The van der Waals surface area contributed by atoms with Gasteiger partial charge in [0.2, 0.25) is 21.8 Å². The third kappa shape index (κ3) is 5.42. The van der Waals surface area contributed by atoms with Crippen LogP contribution in [0, 0.1) is 5.92 Å². The van der Waals surface area contributed by atoms with Gasteiger partial charge in [-0.3, -0.25) is 9.59 Å². The predicted molar refractivity (Wildman–Crippen MR) is 132 cm³/mol. The molecule has 0 saturated carbocycles. The van der Waals surface area contributed by atoms with Gasteiger partial charge in [-0.2, -0.15) is 4.72 Å². The number of piperazine rings is 1. The number of carbonyl (C=O) groups excluding carboxylic acids is 2. The first-order valence-corrected chi connectivity index (χ1v) is 13.3. The van der Waals surface area contributed by atoms with Crippen molar-refractivity contribution in [1.29, 1.82) is 0 Å². The minimum Gasteiger partial charge on any atom is -0.368 e. The summed E-state index contributed by atoms with van der Waals surface area (Å²) in [6, 6.07) is 13.9. The highest BCUT2D eigenvalue weighted by molar-refractivity contribution is 7.89. The van der Waals surface area contributed by atoms with Gasteiger partial charge in [-0.15, -0.1) is 0 Å². The Morgan fingerprint density at radius 3 is 2.38 bits per heavy atom. The molecule has 0 aromatic heterocycles. The Bertz CT molecular complexity index is 1140. The van der Waals surface area contributed by atoms with Crippen molar-refractivity contribution in [2.24, 2.45) is 5.92 Å². The maximum absolute atomic E-state index is 13.3. The summed E-state index contributed by atoms with van der Waals surface area (Å²) in [5.41, 5.74) is 2.56. The van der Waals surface area contributed by atoms with E-state index in [0.29, 0.717) is 51.1 Å². The molecule has 1 atom stereocenters. The first-order chi connectivity index (χ1) is 16.2. The zero-order valence-electron chi connectivity index (χ0n) is 19.7. The second-order valence-corrected chi connectivity index (χ2v) is 10.9. The Kier molecular flexibility index (Phi) is 7.23. The number of fused-ring (bicyclic) bond motifs is 1. The number of nitrogens with zero attached hydrogens (tertiary/aromatic N) is 2. The van der Waals surface area contributed by atoms with Crippen LogP contribution in [-0.2, 0) is 26.0 Å². The number of nitrogens with one attached hydrogen (secondary N) is 2. The lowest BCUT2D eigenvalue weighted by Gasteiger charge is -2.38. The van der Waals surface area contributed by atoms with Crippen molar-refractivity contribution in [3.05, 3.63) is 54.1 Å². The Morgan fingerprint density at radius 2 is 1.71 bits per heavy atom. The molecule has 2 amide bonds. The van der Waals surface area contributed by atoms with Gasteiger partial charge in [0.15, 0.2) is 0 Å². The fourth-order valence-corrected chi connectivity index (χ4v) is 5.83. The molecule has 0 bridgehead atoms. The van der Waals surface area contributed by atoms with E-state index < -0.39 is 16.1 Å². The number of para-hydroxylation sites is 1. The lowest BCUT2D eigenvalue weighted by molar-refractivity contribution is -0.134. The largest absolute Gasteiger partial charge is 0.368 e. The highest BCUT2D eigenvalue weighted by Gasteiger charge is 2.33. The standard InChI is InChI=1S/C25H32N4O4S/c1-18(2)24(25(31)29-15-13-28(14-16-29)20-8-4-3-5-9-20)27-34(32,33)21-11-12-22-19(17-21)7-6-10-23(30)26-22/h3-5,8-9,11-12,17-18,24,27H,6-7,10,13-16H2,1-2H3,(H,26,30). The average Bonchev–Trinajstić information content (AvgIpc) is 3.02. The normalized spacial score (nSPS) is 17.7. The molecule has 34 heavy (non-hydrogen) atoms. The minimum atomic E-state index is -3.92. The van der Waals surface area contributed by atoms with Crippen molar-refractivity contribution in [1.82, 2.24) is 9.62 Å².